The molecular weight excluding hydrogens is 426 g/mol. The van der Waals surface area contributed by atoms with E-state index in [-0.39, 0.29) is 23.6 Å². The Morgan fingerprint density at radius 1 is 0.882 bits per heavy atom. The largest absolute Gasteiger partial charge is 0.337 e. The van der Waals surface area contributed by atoms with Gasteiger partial charge in [-0.15, -0.1) is 0 Å². The Hall–Kier alpha value is -3.15. The number of piperazine rings is 1. The van der Waals surface area contributed by atoms with Gasteiger partial charge in [-0.25, -0.2) is 0 Å². The quantitative estimate of drug-likeness (QED) is 0.684. The van der Waals surface area contributed by atoms with Gasteiger partial charge < -0.3 is 14.7 Å². The van der Waals surface area contributed by atoms with Crippen LogP contribution in [0.25, 0.3) is 0 Å². The number of rotatable bonds is 5. The summed E-state index contributed by atoms with van der Waals surface area (Å²) in [6.45, 7) is 8.60. The number of fused-ring (bicyclic) bond motifs is 1. The van der Waals surface area contributed by atoms with Crippen LogP contribution in [0.15, 0.2) is 48.5 Å². The molecule has 0 aliphatic carbocycles. The van der Waals surface area contributed by atoms with Crippen LogP contribution in [0.4, 0.5) is 0 Å². The Labute approximate surface area is 202 Å². The lowest BCUT2D eigenvalue weighted by atomic mass is 9.92. The molecule has 34 heavy (non-hydrogen) atoms. The van der Waals surface area contributed by atoms with Gasteiger partial charge in [0.05, 0.1) is 0 Å². The van der Waals surface area contributed by atoms with Gasteiger partial charge in [0.25, 0.3) is 5.91 Å². The van der Waals surface area contributed by atoms with Crippen molar-refractivity contribution >= 4 is 17.7 Å². The van der Waals surface area contributed by atoms with Gasteiger partial charge in [-0.05, 0) is 41.2 Å². The SMILES string of the molecule is CCc1ccc(C(=O)N2CCN(C(=O)C3Cc4ccccc4CN3C(=O)CC(C)C)CC2)cc1. The van der Waals surface area contributed by atoms with E-state index >= 15 is 0 Å². The van der Waals surface area contributed by atoms with Gasteiger partial charge in [0.1, 0.15) is 6.04 Å². The lowest BCUT2D eigenvalue weighted by Crippen LogP contribution is -2.58. The summed E-state index contributed by atoms with van der Waals surface area (Å²) >= 11 is 0. The van der Waals surface area contributed by atoms with E-state index in [2.05, 4.69) is 13.0 Å². The normalized spacial score (nSPS) is 18.1. The standard InChI is InChI=1S/C28H35N3O3/c1-4-21-9-11-22(12-10-21)27(33)29-13-15-30(16-14-29)28(34)25-18-23-7-5-6-8-24(23)19-31(25)26(32)17-20(2)3/h5-12,20,25H,4,13-19H2,1-3H3. The van der Waals surface area contributed by atoms with Gasteiger partial charge in [-0.2, -0.15) is 0 Å². The lowest BCUT2D eigenvalue weighted by molar-refractivity contribution is -0.148. The third kappa shape index (κ3) is 5.16. The molecule has 0 bridgehead atoms. The number of hydrogen-bond acceptors (Lipinski definition) is 3. The minimum atomic E-state index is -0.481. The Morgan fingerprint density at radius 3 is 2.12 bits per heavy atom. The second-order valence-electron chi connectivity index (χ2n) is 9.78. The van der Waals surface area contributed by atoms with Gasteiger partial charge >= 0.3 is 0 Å². The Morgan fingerprint density at radius 2 is 1.50 bits per heavy atom. The molecule has 2 aromatic carbocycles. The molecule has 1 atom stereocenters. The molecule has 0 aromatic heterocycles. The minimum absolute atomic E-state index is 0.00833. The van der Waals surface area contributed by atoms with E-state index in [9.17, 15) is 14.4 Å². The number of carbonyl (C=O) groups is 3. The van der Waals surface area contributed by atoms with Crippen molar-refractivity contribution in [3.8, 4) is 0 Å². The van der Waals surface area contributed by atoms with Crippen LogP contribution in [-0.2, 0) is 29.0 Å². The maximum atomic E-state index is 13.6. The molecule has 2 aliphatic heterocycles. The first-order valence-corrected chi connectivity index (χ1v) is 12.4. The second-order valence-corrected chi connectivity index (χ2v) is 9.78. The predicted octanol–water partition coefficient (Wildman–Crippen LogP) is 3.53. The molecule has 3 amide bonds. The molecule has 6 nitrogen and oxygen atoms in total. The van der Waals surface area contributed by atoms with Crippen molar-refractivity contribution < 1.29 is 14.4 Å². The maximum absolute atomic E-state index is 13.6. The van der Waals surface area contributed by atoms with Gasteiger partial charge in [-0.3, -0.25) is 14.4 Å². The smallest absolute Gasteiger partial charge is 0.253 e. The first kappa shape index (κ1) is 24.0. The molecular formula is C28H35N3O3. The first-order valence-electron chi connectivity index (χ1n) is 12.4. The van der Waals surface area contributed by atoms with Crippen LogP contribution >= 0.6 is 0 Å². The fraction of sp³-hybridized carbons (Fsp3) is 0.464. The van der Waals surface area contributed by atoms with Crippen LogP contribution in [-0.4, -0.2) is 64.6 Å². The molecule has 6 heteroatoms. The van der Waals surface area contributed by atoms with Crippen LogP contribution in [0.3, 0.4) is 0 Å². The third-order valence-corrected chi connectivity index (χ3v) is 6.92. The van der Waals surface area contributed by atoms with E-state index in [1.54, 1.807) is 4.90 Å². The average molecular weight is 462 g/mol. The highest BCUT2D eigenvalue weighted by molar-refractivity contribution is 5.94. The van der Waals surface area contributed by atoms with Crippen molar-refractivity contribution in [3.63, 3.8) is 0 Å². The van der Waals surface area contributed by atoms with Crippen molar-refractivity contribution in [3.05, 3.63) is 70.8 Å². The van der Waals surface area contributed by atoms with Crippen molar-refractivity contribution in [1.29, 1.82) is 0 Å². The topological polar surface area (TPSA) is 60.9 Å². The summed E-state index contributed by atoms with van der Waals surface area (Å²) in [5.74, 6) is 0.273. The number of benzene rings is 2. The van der Waals surface area contributed by atoms with E-state index in [4.69, 9.17) is 0 Å². The number of hydrogen-bond donors (Lipinski definition) is 0. The van der Waals surface area contributed by atoms with Crippen molar-refractivity contribution in [1.82, 2.24) is 14.7 Å². The predicted molar refractivity (Wildman–Crippen MR) is 132 cm³/mol. The second kappa shape index (κ2) is 10.4. The van der Waals surface area contributed by atoms with Gasteiger partial charge in [0, 0.05) is 51.1 Å². The fourth-order valence-corrected chi connectivity index (χ4v) is 4.88. The van der Waals surface area contributed by atoms with E-state index in [1.807, 2.05) is 66.1 Å². The summed E-state index contributed by atoms with van der Waals surface area (Å²) in [6.07, 6.45) is 1.92. The lowest BCUT2D eigenvalue weighted by Gasteiger charge is -2.41. The van der Waals surface area contributed by atoms with Gasteiger partial charge in [-0.1, -0.05) is 57.2 Å². The zero-order valence-corrected chi connectivity index (χ0v) is 20.5. The summed E-state index contributed by atoms with van der Waals surface area (Å²) < 4.78 is 0. The summed E-state index contributed by atoms with van der Waals surface area (Å²) in [5.41, 5.74) is 4.15. The Balaban J connectivity index is 1.44. The monoisotopic (exact) mass is 461 g/mol. The van der Waals surface area contributed by atoms with Crippen LogP contribution in [0.1, 0.15) is 54.2 Å². The highest BCUT2D eigenvalue weighted by Crippen LogP contribution is 2.26. The number of nitrogens with zero attached hydrogens (tertiary/aromatic N) is 3. The molecule has 1 unspecified atom stereocenters. The highest BCUT2D eigenvalue weighted by atomic mass is 16.2. The van der Waals surface area contributed by atoms with Crippen LogP contribution < -0.4 is 0 Å². The van der Waals surface area contributed by atoms with Crippen molar-refractivity contribution in [2.45, 2.75) is 52.6 Å². The van der Waals surface area contributed by atoms with E-state index < -0.39 is 6.04 Å². The fourth-order valence-electron chi connectivity index (χ4n) is 4.88. The first-order chi connectivity index (χ1) is 16.4. The van der Waals surface area contributed by atoms with Crippen LogP contribution in [0.2, 0.25) is 0 Å². The Kier molecular flexibility index (Phi) is 7.35. The Bertz CT molecular complexity index is 1040. The van der Waals surface area contributed by atoms with E-state index in [1.165, 1.54) is 5.56 Å². The molecule has 1 saturated heterocycles. The van der Waals surface area contributed by atoms with Gasteiger partial charge in [0.2, 0.25) is 11.8 Å². The van der Waals surface area contributed by atoms with Crippen molar-refractivity contribution in [2.24, 2.45) is 5.92 Å². The zero-order chi connectivity index (χ0) is 24.2. The van der Waals surface area contributed by atoms with E-state index in [0.717, 1.165) is 17.5 Å². The van der Waals surface area contributed by atoms with Gasteiger partial charge in [0.15, 0.2) is 0 Å². The molecule has 180 valence electrons. The molecule has 2 aromatic rings. The molecule has 1 fully saturated rings. The molecule has 0 N–H and O–H groups in total. The number of amides is 3. The molecule has 0 spiro atoms. The number of carbonyl (C=O) groups excluding carboxylic acids is 3. The summed E-state index contributed by atoms with van der Waals surface area (Å²) in [5, 5.41) is 0. The number of aryl methyl sites for hydroxylation is 1. The van der Waals surface area contributed by atoms with Crippen LogP contribution in [0, 0.1) is 5.92 Å². The zero-order valence-electron chi connectivity index (χ0n) is 20.5. The van der Waals surface area contributed by atoms with E-state index in [0.29, 0.717) is 51.1 Å². The van der Waals surface area contributed by atoms with Crippen molar-refractivity contribution in [2.75, 3.05) is 26.2 Å². The minimum Gasteiger partial charge on any atom is -0.337 e. The molecule has 2 aliphatic rings. The molecule has 4 rings (SSSR count). The molecule has 0 radical (unpaired) electrons. The highest BCUT2D eigenvalue weighted by Gasteiger charge is 2.38. The van der Waals surface area contributed by atoms with Crippen LogP contribution in [0.5, 0.6) is 0 Å². The molecule has 0 saturated carbocycles. The molecule has 2 heterocycles. The maximum Gasteiger partial charge on any atom is 0.253 e. The average Bonchev–Trinajstić information content (AvgIpc) is 2.86. The summed E-state index contributed by atoms with van der Waals surface area (Å²) in [6, 6.07) is 15.4. The third-order valence-electron chi connectivity index (χ3n) is 6.92. The summed E-state index contributed by atoms with van der Waals surface area (Å²) in [7, 11) is 0. The summed E-state index contributed by atoms with van der Waals surface area (Å²) in [4.78, 5) is 45.0.